The first-order chi connectivity index (χ1) is 56.3. The second kappa shape index (κ2) is 78.5. The van der Waals surface area contributed by atoms with Gasteiger partial charge in [0.1, 0.15) is 43.1 Å². The predicted molar refractivity (Wildman–Crippen MR) is 467 cm³/mol. The SMILES string of the molecule is CCCCCCCCCCCCCC(=O)O[C@H](CCCCCCCCCCC)CC(=O)N[C@H]1[C@H](OCCN(CC(=O)O)C(=O)C[C@@H](CCCCCCCCCCC)OC(=O)CCCCCCCCCCCCC)O[C@H](CO)[C@@H](OP(=O)(O)O)[C@@H]1OC(=O)C[C@@H](CCCCCCCCCCC)OC(=O)CCCCCCCCCCCCC. The van der Waals surface area contributed by atoms with Crippen LogP contribution in [-0.2, 0) is 71.1 Å². The zero-order chi connectivity index (χ0) is 85.0. The first kappa shape index (κ1) is 110. The summed E-state index contributed by atoms with van der Waals surface area (Å²) in [5, 5.41) is 24.3. The summed E-state index contributed by atoms with van der Waals surface area (Å²) in [4.78, 5) is 121. The standard InChI is InChI=1S/C94H177N2O19P/c1-7-13-19-25-31-37-40-46-52-58-64-70-87(102)110-80(67-61-55-49-43-34-28-22-16-10-4)75-84(98)95-91-93(114-90(105)77-82(69-63-57-51-45-36-30-24-18-12-6)112-89(104)72-66-60-54-48-42-39-33-27-21-15-9-3)92(115-116(106,107)108)83(79-97)113-94(91)109-74-73-96(78-86(100)101)85(99)76-81(68-62-56-50-44-35-29-23-17-11-5)111-88(103)71-65-59-53-47-41-38-32-26-20-14-8-2/h80-83,91-94,97H,7-79H2,1-6H3,(H,95,98)(H,100,101)(H2,106,107,108)/t80-,81-,82-,83-,91-,92-,93-,94-/m1/s1. The number of carboxylic acid groups (broad SMARTS) is 1. The van der Waals surface area contributed by atoms with Crippen LogP contribution in [0.5, 0.6) is 0 Å². The Morgan fingerprint density at radius 1 is 0.379 bits per heavy atom. The van der Waals surface area contributed by atoms with Gasteiger partial charge in [-0.15, -0.1) is 0 Å². The number of aliphatic hydroxyl groups excluding tert-OH is 1. The third kappa shape index (κ3) is 66.0. The van der Waals surface area contributed by atoms with Gasteiger partial charge in [0.25, 0.3) is 0 Å². The fraction of sp³-hybridized carbons (Fsp3) is 0.926. The van der Waals surface area contributed by atoms with E-state index in [2.05, 4.69) is 46.9 Å². The van der Waals surface area contributed by atoms with E-state index in [-0.39, 0.29) is 38.6 Å². The highest BCUT2D eigenvalue weighted by Gasteiger charge is 2.52. The summed E-state index contributed by atoms with van der Waals surface area (Å²) in [7, 11) is -5.55. The summed E-state index contributed by atoms with van der Waals surface area (Å²) in [6.07, 6.45) is 54.7. The Kier molecular flexibility index (Phi) is 74.7. The second-order valence-corrected chi connectivity index (χ2v) is 35.3. The van der Waals surface area contributed by atoms with Gasteiger partial charge in [-0.1, -0.05) is 388 Å². The number of aliphatic carboxylic acids is 1. The van der Waals surface area contributed by atoms with Gasteiger partial charge in [-0.3, -0.25) is 38.1 Å². The molecule has 5 N–H and O–H groups in total. The number of nitrogens with one attached hydrogen (secondary N) is 1. The molecule has 116 heavy (non-hydrogen) atoms. The Morgan fingerprint density at radius 2 is 0.664 bits per heavy atom. The lowest BCUT2D eigenvalue weighted by atomic mass is 9.96. The number of hydrogen-bond donors (Lipinski definition) is 5. The number of rotatable bonds is 86. The van der Waals surface area contributed by atoms with Crippen LogP contribution in [0.2, 0.25) is 0 Å². The van der Waals surface area contributed by atoms with Gasteiger partial charge >= 0.3 is 37.7 Å². The minimum absolute atomic E-state index is 0.140. The Bertz CT molecular complexity index is 2400. The summed E-state index contributed by atoms with van der Waals surface area (Å²) in [5.41, 5.74) is 0. The van der Waals surface area contributed by atoms with Crippen LogP contribution in [0.1, 0.15) is 485 Å². The maximum Gasteiger partial charge on any atom is 0.470 e. The molecule has 1 fully saturated rings. The minimum Gasteiger partial charge on any atom is -0.480 e. The number of phosphoric acid groups is 1. The molecule has 0 spiro atoms. The first-order valence-electron chi connectivity index (χ1n) is 48.5. The van der Waals surface area contributed by atoms with Crippen molar-refractivity contribution in [3.63, 3.8) is 0 Å². The molecule has 8 atom stereocenters. The van der Waals surface area contributed by atoms with Crippen LogP contribution in [0.4, 0.5) is 0 Å². The lowest BCUT2D eigenvalue weighted by Gasteiger charge is -2.45. The van der Waals surface area contributed by atoms with Crippen LogP contribution in [0.3, 0.4) is 0 Å². The molecule has 1 heterocycles. The molecule has 0 bridgehead atoms. The van der Waals surface area contributed by atoms with Crippen molar-refractivity contribution in [2.75, 3.05) is 26.3 Å². The number of carbonyl (C=O) groups excluding carboxylic acids is 6. The Labute approximate surface area is 707 Å². The highest BCUT2D eigenvalue weighted by Crippen LogP contribution is 2.43. The topological polar surface area (TPSA) is 297 Å². The van der Waals surface area contributed by atoms with Crippen molar-refractivity contribution in [1.29, 1.82) is 0 Å². The number of esters is 4. The molecule has 0 aromatic rings. The third-order valence-corrected chi connectivity index (χ3v) is 23.5. The van der Waals surface area contributed by atoms with E-state index >= 15 is 4.79 Å². The second-order valence-electron chi connectivity index (χ2n) is 34.1. The molecule has 0 aromatic carbocycles. The van der Waals surface area contributed by atoms with Gasteiger partial charge in [-0.2, -0.15) is 0 Å². The number of aliphatic hydroxyl groups is 1. The van der Waals surface area contributed by atoms with Crippen LogP contribution >= 0.6 is 7.82 Å². The van der Waals surface area contributed by atoms with Crippen LogP contribution in [0.25, 0.3) is 0 Å². The summed E-state index contributed by atoms with van der Waals surface area (Å²) in [6.45, 7) is 10.6. The fourth-order valence-electron chi connectivity index (χ4n) is 15.9. The number of hydrogen-bond acceptors (Lipinski definition) is 16. The largest absolute Gasteiger partial charge is 0.480 e. The van der Waals surface area contributed by atoms with Crippen molar-refractivity contribution in [1.82, 2.24) is 10.2 Å². The maximum atomic E-state index is 15.0. The van der Waals surface area contributed by atoms with Gasteiger partial charge in [0.05, 0.1) is 32.5 Å². The van der Waals surface area contributed by atoms with Crippen LogP contribution in [-0.4, -0.2) is 142 Å². The highest BCUT2D eigenvalue weighted by atomic mass is 31.2. The molecular weight excluding hydrogens is 1490 g/mol. The lowest BCUT2D eigenvalue weighted by Crippen LogP contribution is -2.66. The van der Waals surface area contributed by atoms with Crippen molar-refractivity contribution in [2.45, 2.75) is 534 Å². The van der Waals surface area contributed by atoms with E-state index in [1.54, 1.807) is 0 Å². The summed E-state index contributed by atoms with van der Waals surface area (Å²) < 4.78 is 55.8. The van der Waals surface area contributed by atoms with Crippen molar-refractivity contribution in [3.8, 4) is 0 Å². The van der Waals surface area contributed by atoms with E-state index in [4.69, 9.17) is 32.9 Å². The molecule has 0 aliphatic carbocycles. The van der Waals surface area contributed by atoms with E-state index in [0.29, 0.717) is 57.8 Å². The molecule has 1 aliphatic heterocycles. The molecule has 0 unspecified atom stereocenters. The summed E-state index contributed by atoms with van der Waals surface area (Å²) in [5.74, 6) is -5.03. The van der Waals surface area contributed by atoms with E-state index in [9.17, 15) is 53.3 Å². The van der Waals surface area contributed by atoms with Crippen LogP contribution in [0, 0.1) is 0 Å². The van der Waals surface area contributed by atoms with Crippen molar-refractivity contribution < 1.29 is 91.1 Å². The highest BCUT2D eigenvalue weighted by molar-refractivity contribution is 7.46. The summed E-state index contributed by atoms with van der Waals surface area (Å²) in [6, 6.07) is -1.70. The van der Waals surface area contributed by atoms with Crippen LogP contribution in [0.15, 0.2) is 0 Å². The Hall–Kier alpha value is -3.72. The molecule has 0 aromatic heterocycles. The average Bonchev–Trinajstić information content (AvgIpc) is 0.780. The van der Waals surface area contributed by atoms with Crippen molar-refractivity contribution in [3.05, 3.63) is 0 Å². The lowest BCUT2D eigenvalue weighted by molar-refractivity contribution is -0.271. The number of ether oxygens (including phenoxy) is 6. The Morgan fingerprint density at radius 3 is 0.957 bits per heavy atom. The Balaban J connectivity index is 3.86. The maximum absolute atomic E-state index is 15.0. The molecule has 682 valence electrons. The van der Waals surface area contributed by atoms with Gasteiger partial charge in [-0.25, -0.2) is 4.57 Å². The zero-order valence-electron chi connectivity index (χ0n) is 75.0. The fourth-order valence-corrected chi connectivity index (χ4v) is 16.4. The number of carbonyl (C=O) groups is 7. The molecule has 0 radical (unpaired) electrons. The monoisotopic (exact) mass is 1670 g/mol. The third-order valence-electron chi connectivity index (χ3n) is 22.9. The van der Waals surface area contributed by atoms with Crippen LogP contribution < -0.4 is 5.32 Å². The van der Waals surface area contributed by atoms with E-state index in [1.165, 1.54) is 161 Å². The molecule has 1 rings (SSSR count). The van der Waals surface area contributed by atoms with E-state index < -0.39 is 125 Å². The molecule has 0 saturated carbocycles. The molecular formula is C94H177N2O19P. The van der Waals surface area contributed by atoms with Gasteiger partial charge in [0.15, 0.2) is 12.4 Å². The molecule has 1 saturated heterocycles. The summed E-state index contributed by atoms with van der Waals surface area (Å²) >= 11 is 0. The van der Waals surface area contributed by atoms with Gasteiger partial charge in [0, 0.05) is 25.8 Å². The normalized spacial score (nSPS) is 16.4. The molecule has 2 amide bonds. The van der Waals surface area contributed by atoms with E-state index in [0.717, 1.165) is 191 Å². The number of nitrogens with zero attached hydrogens (tertiary/aromatic N) is 1. The number of phosphoric ester groups is 1. The molecule has 21 nitrogen and oxygen atoms in total. The zero-order valence-corrected chi connectivity index (χ0v) is 75.9. The first-order valence-corrected chi connectivity index (χ1v) is 50.1. The van der Waals surface area contributed by atoms with Gasteiger partial charge in [0.2, 0.25) is 11.8 Å². The predicted octanol–water partition coefficient (Wildman–Crippen LogP) is 24.3. The number of amides is 2. The number of carboxylic acids is 1. The minimum atomic E-state index is -5.55. The average molecular weight is 1670 g/mol. The smallest absolute Gasteiger partial charge is 0.470 e. The van der Waals surface area contributed by atoms with Crippen molar-refractivity contribution in [2.24, 2.45) is 0 Å². The van der Waals surface area contributed by atoms with Gasteiger partial charge < -0.3 is 58.6 Å². The van der Waals surface area contributed by atoms with Crippen molar-refractivity contribution >= 4 is 49.5 Å². The van der Waals surface area contributed by atoms with Gasteiger partial charge in [-0.05, 0) is 57.8 Å². The number of unbranched alkanes of at least 4 members (excludes halogenated alkanes) is 54. The quantitative estimate of drug-likeness (QED) is 0.0164. The molecule has 1 aliphatic rings. The molecule has 22 heteroatoms. The van der Waals surface area contributed by atoms with E-state index in [1.807, 2.05) is 0 Å².